The summed E-state index contributed by atoms with van der Waals surface area (Å²) in [6.07, 6.45) is 9.09. The van der Waals surface area contributed by atoms with Gasteiger partial charge in [-0.3, -0.25) is 9.59 Å². The fourth-order valence-electron chi connectivity index (χ4n) is 6.87. The first kappa shape index (κ1) is 19.9. The zero-order chi connectivity index (χ0) is 20.7. The molecule has 5 heteroatoms. The molecule has 0 aromatic heterocycles. The Morgan fingerprint density at radius 2 is 1.57 bits per heavy atom. The van der Waals surface area contributed by atoms with Crippen LogP contribution in [0.4, 0.5) is 0 Å². The molecule has 5 aliphatic rings. The lowest BCUT2D eigenvalue weighted by atomic mass is 9.49. The minimum Gasteiger partial charge on any atom is -0.484 e. The van der Waals surface area contributed by atoms with Gasteiger partial charge in [0.2, 0.25) is 5.91 Å². The molecule has 1 aromatic rings. The van der Waals surface area contributed by atoms with Crippen molar-refractivity contribution in [1.29, 1.82) is 0 Å². The molecule has 0 spiro atoms. The largest absolute Gasteiger partial charge is 0.484 e. The fraction of sp³-hybridized carbons (Fsp3) is 0.680. The zero-order valence-electron chi connectivity index (χ0n) is 18.1. The van der Waals surface area contributed by atoms with Crippen LogP contribution in [-0.4, -0.2) is 42.5 Å². The Morgan fingerprint density at radius 3 is 2.13 bits per heavy atom. The number of amides is 2. The minimum atomic E-state index is -0.0798. The Kier molecular flexibility index (Phi) is 5.24. The van der Waals surface area contributed by atoms with E-state index in [1.807, 2.05) is 36.1 Å². The van der Waals surface area contributed by atoms with Gasteiger partial charge in [0.15, 0.2) is 6.61 Å². The molecule has 4 bridgehead atoms. The minimum absolute atomic E-state index is 0.0291. The molecule has 6 rings (SSSR count). The molecule has 162 valence electrons. The van der Waals surface area contributed by atoms with Crippen molar-refractivity contribution in [3.8, 4) is 5.75 Å². The van der Waals surface area contributed by atoms with E-state index in [0.29, 0.717) is 19.0 Å². The normalized spacial score (nSPS) is 32.8. The number of hydrogen-bond donors (Lipinski definition) is 1. The van der Waals surface area contributed by atoms with E-state index < -0.39 is 0 Å². The average Bonchev–Trinajstić information content (AvgIpc) is 2.73. The number of carbonyl (C=O) groups excluding carboxylic acids is 2. The van der Waals surface area contributed by atoms with Crippen LogP contribution in [0.1, 0.15) is 56.9 Å². The van der Waals surface area contributed by atoms with Crippen molar-refractivity contribution >= 4 is 11.8 Å². The van der Waals surface area contributed by atoms with Gasteiger partial charge in [-0.1, -0.05) is 17.7 Å². The van der Waals surface area contributed by atoms with Crippen molar-refractivity contribution in [2.75, 3.05) is 19.7 Å². The molecule has 4 aliphatic carbocycles. The first-order valence-electron chi connectivity index (χ1n) is 11.8. The SMILES string of the molecule is Cc1ccc(OCC(=O)N2CCC(NC(=O)C34CC5CC(CC(C5)C3)C4)CC2)cc1. The van der Waals surface area contributed by atoms with Gasteiger partial charge >= 0.3 is 0 Å². The van der Waals surface area contributed by atoms with Crippen molar-refractivity contribution < 1.29 is 14.3 Å². The lowest BCUT2D eigenvalue weighted by molar-refractivity contribution is -0.147. The number of likely N-dealkylation sites (tertiary alicyclic amines) is 1. The molecule has 30 heavy (non-hydrogen) atoms. The lowest BCUT2D eigenvalue weighted by Gasteiger charge is -2.56. The summed E-state index contributed by atoms with van der Waals surface area (Å²) < 4.78 is 5.64. The molecule has 1 saturated heterocycles. The summed E-state index contributed by atoms with van der Waals surface area (Å²) >= 11 is 0. The number of rotatable bonds is 5. The standard InChI is InChI=1S/C25H34N2O3/c1-17-2-4-22(5-3-17)30-16-23(28)27-8-6-21(7-9-27)26-24(29)25-13-18-10-19(14-25)12-20(11-18)15-25/h2-5,18-21H,6-16H2,1H3,(H,26,29). The monoisotopic (exact) mass is 410 g/mol. The smallest absolute Gasteiger partial charge is 0.260 e. The van der Waals surface area contributed by atoms with Crippen LogP contribution in [0.25, 0.3) is 0 Å². The topological polar surface area (TPSA) is 58.6 Å². The predicted molar refractivity (Wildman–Crippen MR) is 115 cm³/mol. The third kappa shape index (κ3) is 3.95. The van der Waals surface area contributed by atoms with E-state index in [-0.39, 0.29) is 24.0 Å². The van der Waals surface area contributed by atoms with Gasteiger partial charge in [-0.15, -0.1) is 0 Å². The maximum Gasteiger partial charge on any atom is 0.260 e. The van der Waals surface area contributed by atoms with Crippen LogP contribution >= 0.6 is 0 Å². The Labute approximate surface area is 179 Å². The Balaban J connectivity index is 1.09. The number of nitrogens with one attached hydrogen (secondary N) is 1. The first-order chi connectivity index (χ1) is 14.5. The maximum absolute atomic E-state index is 13.3. The van der Waals surface area contributed by atoms with Gasteiger partial charge in [0.25, 0.3) is 5.91 Å². The quantitative estimate of drug-likeness (QED) is 0.805. The average molecular weight is 411 g/mol. The second-order valence-electron chi connectivity index (χ2n) is 10.4. The van der Waals surface area contributed by atoms with Crippen LogP contribution in [0.3, 0.4) is 0 Å². The van der Waals surface area contributed by atoms with Gasteiger partial charge < -0.3 is 15.0 Å². The molecule has 5 nitrogen and oxygen atoms in total. The summed E-state index contributed by atoms with van der Waals surface area (Å²) in [4.78, 5) is 27.6. The van der Waals surface area contributed by atoms with Crippen LogP contribution in [0.15, 0.2) is 24.3 Å². The van der Waals surface area contributed by atoms with Gasteiger partial charge in [0, 0.05) is 24.5 Å². The highest BCUT2D eigenvalue weighted by Crippen LogP contribution is 2.60. The van der Waals surface area contributed by atoms with E-state index in [1.54, 1.807) is 0 Å². The van der Waals surface area contributed by atoms with Gasteiger partial charge in [0.05, 0.1) is 0 Å². The van der Waals surface area contributed by atoms with E-state index in [2.05, 4.69) is 5.32 Å². The molecular weight excluding hydrogens is 376 g/mol. The number of ether oxygens (including phenoxy) is 1. The number of piperidine rings is 1. The molecule has 0 radical (unpaired) electrons. The van der Waals surface area contributed by atoms with Crippen LogP contribution in [0.2, 0.25) is 0 Å². The van der Waals surface area contributed by atoms with E-state index in [1.165, 1.54) is 24.8 Å². The van der Waals surface area contributed by atoms with Crippen LogP contribution in [0, 0.1) is 30.1 Å². The molecule has 2 amide bonds. The van der Waals surface area contributed by atoms with Crippen LogP contribution in [-0.2, 0) is 9.59 Å². The van der Waals surface area contributed by atoms with Gasteiger partial charge in [-0.2, -0.15) is 0 Å². The highest BCUT2D eigenvalue weighted by molar-refractivity contribution is 5.83. The molecule has 1 N–H and O–H groups in total. The molecule has 1 heterocycles. The van der Waals surface area contributed by atoms with E-state index >= 15 is 0 Å². The number of carbonyl (C=O) groups is 2. The number of aryl methyl sites for hydroxylation is 1. The van der Waals surface area contributed by atoms with E-state index in [4.69, 9.17) is 4.74 Å². The van der Waals surface area contributed by atoms with E-state index in [9.17, 15) is 9.59 Å². The second kappa shape index (κ2) is 7.90. The third-order valence-corrected chi connectivity index (χ3v) is 8.09. The summed E-state index contributed by atoms with van der Waals surface area (Å²) in [7, 11) is 0. The number of benzene rings is 1. The first-order valence-corrected chi connectivity index (χ1v) is 11.8. The van der Waals surface area contributed by atoms with Crippen molar-refractivity contribution in [1.82, 2.24) is 10.2 Å². The van der Waals surface area contributed by atoms with Gasteiger partial charge in [0.1, 0.15) is 5.75 Å². The summed E-state index contributed by atoms with van der Waals surface area (Å²) in [6, 6.07) is 7.96. The summed E-state index contributed by atoms with van der Waals surface area (Å²) in [5, 5.41) is 3.39. The van der Waals surface area contributed by atoms with Crippen molar-refractivity contribution in [2.24, 2.45) is 23.2 Å². The van der Waals surface area contributed by atoms with Crippen molar-refractivity contribution in [3.63, 3.8) is 0 Å². The number of nitrogens with zero attached hydrogens (tertiary/aromatic N) is 1. The Morgan fingerprint density at radius 1 is 1.00 bits per heavy atom. The van der Waals surface area contributed by atoms with Gasteiger partial charge in [-0.25, -0.2) is 0 Å². The van der Waals surface area contributed by atoms with Crippen LogP contribution < -0.4 is 10.1 Å². The van der Waals surface area contributed by atoms with Crippen molar-refractivity contribution in [3.05, 3.63) is 29.8 Å². The summed E-state index contributed by atoms with van der Waals surface area (Å²) in [6.45, 7) is 3.50. The second-order valence-corrected chi connectivity index (χ2v) is 10.4. The van der Waals surface area contributed by atoms with E-state index in [0.717, 1.165) is 55.6 Å². The molecule has 5 fully saturated rings. The zero-order valence-corrected chi connectivity index (χ0v) is 18.1. The summed E-state index contributed by atoms with van der Waals surface area (Å²) in [5.41, 5.74) is 1.09. The highest BCUT2D eigenvalue weighted by Gasteiger charge is 2.54. The third-order valence-electron chi connectivity index (χ3n) is 8.09. The van der Waals surface area contributed by atoms with Crippen molar-refractivity contribution in [2.45, 2.75) is 64.3 Å². The fourth-order valence-corrected chi connectivity index (χ4v) is 6.87. The molecule has 1 aliphatic heterocycles. The molecule has 0 unspecified atom stereocenters. The highest BCUT2D eigenvalue weighted by atomic mass is 16.5. The molecule has 1 aromatic carbocycles. The van der Waals surface area contributed by atoms with Gasteiger partial charge in [-0.05, 0) is 88.2 Å². The Bertz CT molecular complexity index is 760. The molecule has 0 atom stereocenters. The predicted octanol–water partition coefficient (Wildman–Crippen LogP) is 3.70. The summed E-state index contributed by atoms with van der Waals surface area (Å²) in [5.74, 6) is 3.43. The molecule has 4 saturated carbocycles. The lowest BCUT2D eigenvalue weighted by Crippen LogP contribution is -2.56. The number of hydrogen-bond acceptors (Lipinski definition) is 3. The van der Waals surface area contributed by atoms with Crippen LogP contribution in [0.5, 0.6) is 5.75 Å². The maximum atomic E-state index is 13.3. The molecular formula is C25H34N2O3. The Hall–Kier alpha value is -2.04.